The number of β-lactam (4-membered cyclic amide) rings is 1. The van der Waals surface area contributed by atoms with Crippen molar-refractivity contribution in [3.8, 4) is 0 Å². The topological polar surface area (TPSA) is 226 Å². The van der Waals surface area contributed by atoms with Crippen LogP contribution in [0.1, 0.15) is 12.2 Å². The number of oxime groups is 1. The van der Waals surface area contributed by atoms with Gasteiger partial charge < -0.3 is 31.6 Å². The molecule has 0 saturated carbocycles. The van der Waals surface area contributed by atoms with Gasteiger partial charge in [0, 0.05) is 36.5 Å². The van der Waals surface area contributed by atoms with Gasteiger partial charge in [0.1, 0.15) is 30.1 Å². The normalized spacial score (nSPS) is 24.2. The number of anilines is 1. The number of hydrogen-bond donors (Lipinski definition) is 5. The predicted molar refractivity (Wildman–Crippen MR) is 136 cm³/mol. The van der Waals surface area contributed by atoms with Crippen molar-refractivity contribution < 1.29 is 24.3 Å². The molecule has 4 heterocycles. The molecular weight excluding hydrogens is 532 g/mol. The summed E-state index contributed by atoms with van der Waals surface area (Å²) in [6.07, 6.45) is -0.0708. The van der Waals surface area contributed by atoms with Crippen LogP contribution in [0.2, 0.25) is 0 Å². The molecule has 0 aliphatic carbocycles. The summed E-state index contributed by atoms with van der Waals surface area (Å²) >= 11 is 3.44. The Kier molecular flexibility index (Phi) is 7.48. The minimum Gasteiger partial charge on any atom is -0.477 e. The predicted octanol–water partition coefficient (Wildman–Crippen LogP) is -1.10. The van der Waals surface area contributed by atoms with Crippen LogP contribution in [0.4, 0.5) is 5.13 Å². The fourth-order valence-electron chi connectivity index (χ4n) is 3.61. The standard InChI is InChI=1S/C18H22N10O5S3/c1-27-8(20)3-7(19)22-18(27)35-5-6-4-34-15-10(14(30)28(15)11(6)16(31)32)23-13(29)9(25-33-2)12-24-17(21)36-26-12/h8,10,15,19H,3-5,20H2,1-2H3,(H,23,29)(H,31,32)(H2,21,24,26)/t8?,10?,15-/m0/s1. The zero-order valence-electron chi connectivity index (χ0n) is 19.0. The van der Waals surface area contributed by atoms with Crippen LogP contribution in [0.5, 0.6) is 0 Å². The maximum atomic E-state index is 13.0. The van der Waals surface area contributed by atoms with Gasteiger partial charge in [0.25, 0.3) is 11.8 Å². The van der Waals surface area contributed by atoms with E-state index in [1.165, 1.54) is 35.5 Å². The van der Waals surface area contributed by atoms with Crippen molar-refractivity contribution in [3.63, 3.8) is 0 Å². The molecule has 2 amide bonds. The van der Waals surface area contributed by atoms with Crippen molar-refractivity contribution in [2.75, 3.05) is 31.4 Å². The summed E-state index contributed by atoms with van der Waals surface area (Å²) in [5, 5.41) is 23.9. The number of nitrogens with two attached hydrogens (primary N) is 2. The number of carbonyl (C=O) groups is 3. The van der Waals surface area contributed by atoms with Gasteiger partial charge in [-0.1, -0.05) is 16.9 Å². The third-order valence-corrected chi connectivity index (χ3v) is 8.41. The van der Waals surface area contributed by atoms with Gasteiger partial charge in [0.05, 0.1) is 6.17 Å². The Labute approximate surface area is 217 Å². The van der Waals surface area contributed by atoms with Crippen LogP contribution in [0.15, 0.2) is 21.4 Å². The molecule has 0 radical (unpaired) electrons. The quantitative estimate of drug-likeness (QED) is 0.154. The lowest BCUT2D eigenvalue weighted by molar-refractivity contribution is -0.150. The number of amides is 2. The molecule has 4 rings (SSSR count). The minimum absolute atomic E-state index is 0.0504. The van der Waals surface area contributed by atoms with Crippen molar-refractivity contribution in [1.29, 1.82) is 5.41 Å². The monoisotopic (exact) mass is 554 g/mol. The maximum Gasteiger partial charge on any atom is 0.352 e. The number of aliphatic imine (C=N–C) groups is 1. The van der Waals surface area contributed by atoms with Gasteiger partial charge in [0.2, 0.25) is 11.5 Å². The largest absolute Gasteiger partial charge is 0.477 e. The molecule has 7 N–H and O–H groups in total. The number of rotatable bonds is 7. The summed E-state index contributed by atoms with van der Waals surface area (Å²) in [4.78, 5) is 53.6. The highest BCUT2D eigenvalue weighted by Crippen LogP contribution is 2.41. The van der Waals surface area contributed by atoms with E-state index in [1.807, 2.05) is 0 Å². The maximum absolute atomic E-state index is 13.0. The number of carboxylic acid groups (broad SMARTS) is 1. The highest BCUT2D eigenvalue weighted by atomic mass is 32.2. The highest BCUT2D eigenvalue weighted by Gasteiger charge is 2.54. The number of hydrogen-bond acceptors (Lipinski definition) is 14. The number of nitrogen functional groups attached to an aromatic ring is 1. The van der Waals surface area contributed by atoms with Crippen molar-refractivity contribution in [3.05, 3.63) is 17.1 Å². The lowest BCUT2D eigenvalue weighted by Gasteiger charge is -2.49. The molecule has 0 spiro atoms. The Balaban J connectivity index is 1.48. The SMILES string of the molecule is CON=C(C(=O)NC1C(=O)N2C(C(=O)O)=C(CSC3=NC(=N)CC(N)N3C)CS[C@@H]12)c1nsc(N)n1. The van der Waals surface area contributed by atoms with Gasteiger partial charge in [-0.25, -0.2) is 9.79 Å². The molecular formula is C18H22N10O5S3. The number of fused-ring (bicyclic) bond motifs is 1. The number of aromatic nitrogens is 2. The first-order valence-corrected chi connectivity index (χ1v) is 13.1. The summed E-state index contributed by atoms with van der Waals surface area (Å²) in [7, 11) is 3.00. The highest BCUT2D eigenvalue weighted by molar-refractivity contribution is 8.14. The van der Waals surface area contributed by atoms with E-state index in [2.05, 4.69) is 24.8 Å². The number of amidine groups is 2. The van der Waals surface area contributed by atoms with Crippen LogP contribution in [0, 0.1) is 5.41 Å². The molecule has 1 saturated heterocycles. The third kappa shape index (κ3) is 4.88. The third-order valence-electron chi connectivity index (χ3n) is 5.40. The van der Waals surface area contributed by atoms with Crippen LogP contribution in [0.3, 0.4) is 0 Å². The minimum atomic E-state index is -1.25. The van der Waals surface area contributed by atoms with Crippen molar-refractivity contribution >= 4 is 74.7 Å². The van der Waals surface area contributed by atoms with Crippen LogP contribution >= 0.6 is 35.1 Å². The first-order chi connectivity index (χ1) is 17.1. The van der Waals surface area contributed by atoms with Gasteiger partial charge in [-0.05, 0) is 5.57 Å². The molecule has 3 aliphatic heterocycles. The molecule has 0 aromatic carbocycles. The zero-order valence-corrected chi connectivity index (χ0v) is 21.4. The summed E-state index contributed by atoms with van der Waals surface area (Å²) in [6.45, 7) is 0. The molecule has 36 heavy (non-hydrogen) atoms. The Morgan fingerprint density at radius 3 is 2.83 bits per heavy atom. The molecule has 1 aromatic heterocycles. The average Bonchev–Trinajstić information content (AvgIpc) is 3.26. The summed E-state index contributed by atoms with van der Waals surface area (Å²) in [6, 6.07) is -0.976. The molecule has 0 bridgehead atoms. The van der Waals surface area contributed by atoms with Gasteiger partial charge in [0.15, 0.2) is 10.3 Å². The van der Waals surface area contributed by atoms with Gasteiger partial charge >= 0.3 is 5.97 Å². The number of aliphatic carboxylic acids is 1. The fraction of sp³-hybridized carbons (Fsp3) is 0.444. The molecule has 1 fully saturated rings. The molecule has 1 aromatic rings. The van der Waals surface area contributed by atoms with E-state index in [4.69, 9.17) is 21.7 Å². The molecule has 2 unspecified atom stereocenters. The Hall–Kier alpha value is -3.22. The lowest BCUT2D eigenvalue weighted by Crippen LogP contribution is -2.71. The number of carboxylic acids is 1. The molecule has 15 nitrogen and oxygen atoms in total. The van der Waals surface area contributed by atoms with E-state index in [-0.39, 0.29) is 40.1 Å². The second kappa shape index (κ2) is 10.4. The van der Waals surface area contributed by atoms with Gasteiger partial charge in [-0.2, -0.15) is 9.36 Å². The first-order valence-electron chi connectivity index (χ1n) is 10.3. The van der Waals surface area contributed by atoms with Crippen molar-refractivity contribution in [2.24, 2.45) is 15.9 Å². The second-order valence-electron chi connectivity index (χ2n) is 7.71. The first kappa shape index (κ1) is 25.9. The van der Waals surface area contributed by atoms with E-state index < -0.39 is 29.2 Å². The molecule has 3 aliphatic rings. The van der Waals surface area contributed by atoms with E-state index >= 15 is 0 Å². The number of thioether (sulfide) groups is 2. The lowest BCUT2D eigenvalue weighted by atomic mass is 10.0. The average molecular weight is 555 g/mol. The Morgan fingerprint density at radius 2 is 2.19 bits per heavy atom. The summed E-state index contributed by atoms with van der Waals surface area (Å²) < 4.78 is 3.94. The summed E-state index contributed by atoms with van der Waals surface area (Å²) in [5.41, 5.74) is 11.7. The number of carbonyl (C=O) groups excluding carboxylic acids is 2. The van der Waals surface area contributed by atoms with E-state index in [0.29, 0.717) is 22.9 Å². The van der Waals surface area contributed by atoms with Gasteiger partial charge in [-0.15, -0.1) is 11.8 Å². The zero-order chi connectivity index (χ0) is 26.1. The molecule has 3 atom stereocenters. The smallest absolute Gasteiger partial charge is 0.352 e. The van der Waals surface area contributed by atoms with Crippen LogP contribution in [0.25, 0.3) is 0 Å². The van der Waals surface area contributed by atoms with E-state index in [0.717, 1.165) is 11.5 Å². The van der Waals surface area contributed by atoms with Crippen LogP contribution < -0.4 is 16.8 Å². The molecule has 192 valence electrons. The van der Waals surface area contributed by atoms with Crippen LogP contribution in [-0.2, 0) is 19.2 Å². The van der Waals surface area contributed by atoms with Gasteiger partial charge in [-0.3, -0.25) is 19.9 Å². The fourth-order valence-corrected chi connectivity index (χ4v) is 6.58. The second-order valence-corrected chi connectivity index (χ2v) is 10.5. The van der Waals surface area contributed by atoms with Crippen molar-refractivity contribution in [2.45, 2.75) is 24.0 Å². The molecule has 18 heteroatoms. The Bertz CT molecular complexity index is 1210. The van der Waals surface area contributed by atoms with Crippen LogP contribution in [-0.4, -0.2) is 102 Å². The summed E-state index contributed by atoms with van der Waals surface area (Å²) in [5.74, 6) is -1.92. The Morgan fingerprint density at radius 1 is 1.44 bits per heavy atom. The number of nitrogens with zero attached hydrogens (tertiary/aromatic N) is 6. The van der Waals surface area contributed by atoms with E-state index in [1.54, 1.807) is 11.9 Å². The van der Waals surface area contributed by atoms with Crippen molar-refractivity contribution in [1.82, 2.24) is 24.5 Å². The van der Waals surface area contributed by atoms with E-state index in [9.17, 15) is 19.5 Å². The number of nitrogens with one attached hydrogen (secondary N) is 2.